The summed E-state index contributed by atoms with van der Waals surface area (Å²) in [6.07, 6.45) is 1.32. The zero-order chi connectivity index (χ0) is 10.7. The fourth-order valence-electron chi connectivity index (χ4n) is 2.18. The molecule has 1 aromatic carbocycles. The Morgan fingerprint density at radius 1 is 1.33 bits per heavy atom. The number of hydrogen-bond donors (Lipinski definition) is 1. The molecule has 1 saturated carbocycles. The van der Waals surface area contributed by atoms with E-state index in [1.54, 1.807) is 0 Å². The van der Waals surface area contributed by atoms with E-state index in [9.17, 15) is 0 Å². The van der Waals surface area contributed by atoms with Crippen molar-refractivity contribution in [3.05, 3.63) is 35.9 Å². The average molecular weight is 204 g/mol. The van der Waals surface area contributed by atoms with Crippen LogP contribution in [0.25, 0.3) is 0 Å². The van der Waals surface area contributed by atoms with Gasteiger partial charge in [-0.1, -0.05) is 30.3 Å². The Morgan fingerprint density at radius 3 is 2.73 bits per heavy atom. The van der Waals surface area contributed by atoms with Gasteiger partial charge in [-0.25, -0.2) is 0 Å². The van der Waals surface area contributed by atoms with Gasteiger partial charge in [0.05, 0.1) is 0 Å². The van der Waals surface area contributed by atoms with Crippen LogP contribution in [0.1, 0.15) is 17.9 Å². The molecule has 1 aliphatic rings. The van der Waals surface area contributed by atoms with E-state index < -0.39 is 0 Å². The smallest absolute Gasteiger partial charge is 0.0168 e. The molecule has 2 atom stereocenters. The highest BCUT2D eigenvalue weighted by Gasteiger charge is 2.40. The molecule has 0 bridgehead atoms. The van der Waals surface area contributed by atoms with Crippen LogP contribution in [0.2, 0.25) is 0 Å². The van der Waals surface area contributed by atoms with Crippen LogP contribution in [0.4, 0.5) is 0 Å². The Bertz CT molecular complexity index is 297. The Kier molecular flexibility index (Phi) is 3.39. The fourth-order valence-corrected chi connectivity index (χ4v) is 2.18. The predicted octanol–water partition coefficient (Wildman–Crippen LogP) is 1.69. The highest BCUT2D eigenvalue weighted by molar-refractivity contribution is 5.27. The lowest BCUT2D eigenvalue weighted by molar-refractivity contribution is 0.320. The van der Waals surface area contributed by atoms with Gasteiger partial charge < -0.3 is 10.2 Å². The highest BCUT2D eigenvalue weighted by Crippen LogP contribution is 2.43. The predicted molar refractivity (Wildman–Crippen MR) is 64.1 cm³/mol. The lowest BCUT2D eigenvalue weighted by Gasteiger charge is -2.16. The minimum Gasteiger partial charge on any atom is -0.318 e. The van der Waals surface area contributed by atoms with Crippen LogP contribution >= 0.6 is 0 Å². The van der Waals surface area contributed by atoms with Gasteiger partial charge in [0.15, 0.2) is 0 Å². The average Bonchev–Trinajstić information content (AvgIpc) is 3.07. The summed E-state index contributed by atoms with van der Waals surface area (Å²) in [5, 5.41) is 3.19. The third-order valence-corrected chi connectivity index (χ3v) is 3.27. The van der Waals surface area contributed by atoms with Gasteiger partial charge in [0, 0.05) is 25.0 Å². The topological polar surface area (TPSA) is 15.3 Å². The van der Waals surface area contributed by atoms with Crippen molar-refractivity contribution in [3.63, 3.8) is 0 Å². The van der Waals surface area contributed by atoms with Crippen LogP contribution < -0.4 is 5.32 Å². The van der Waals surface area contributed by atoms with E-state index in [1.807, 2.05) is 7.05 Å². The molecule has 0 aliphatic heterocycles. The van der Waals surface area contributed by atoms with Crippen LogP contribution in [-0.4, -0.2) is 38.1 Å². The summed E-state index contributed by atoms with van der Waals surface area (Å²) in [6, 6.07) is 11.6. The third kappa shape index (κ3) is 2.58. The second-order valence-corrected chi connectivity index (χ2v) is 4.40. The molecule has 2 rings (SSSR count). The normalized spacial score (nSPS) is 24.5. The largest absolute Gasteiger partial charge is 0.318 e. The van der Waals surface area contributed by atoms with Crippen molar-refractivity contribution in [3.8, 4) is 0 Å². The van der Waals surface area contributed by atoms with Gasteiger partial charge in [0.1, 0.15) is 0 Å². The van der Waals surface area contributed by atoms with Gasteiger partial charge in [-0.15, -0.1) is 0 Å². The zero-order valence-electron chi connectivity index (χ0n) is 9.61. The molecule has 0 aromatic heterocycles. The van der Waals surface area contributed by atoms with Gasteiger partial charge in [0.2, 0.25) is 0 Å². The summed E-state index contributed by atoms with van der Waals surface area (Å²) in [7, 11) is 4.24. The van der Waals surface area contributed by atoms with Crippen molar-refractivity contribution in [1.82, 2.24) is 10.2 Å². The first-order valence-electron chi connectivity index (χ1n) is 5.72. The van der Waals surface area contributed by atoms with E-state index in [2.05, 4.69) is 47.6 Å². The maximum Gasteiger partial charge on any atom is 0.0168 e. The van der Waals surface area contributed by atoms with Crippen molar-refractivity contribution >= 4 is 0 Å². The summed E-state index contributed by atoms with van der Waals surface area (Å²) in [5.74, 6) is 0.771. The molecule has 15 heavy (non-hydrogen) atoms. The molecule has 82 valence electrons. The number of likely N-dealkylation sites (N-methyl/N-ethyl adjacent to an activating group) is 2. The van der Waals surface area contributed by atoms with Crippen molar-refractivity contribution in [2.24, 2.45) is 0 Å². The van der Waals surface area contributed by atoms with Crippen molar-refractivity contribution in [2.45, 2.75) is 18.4 Å². The first-order chi connectivity index (χ1) is 7.33. The number of hydrogen-bond acceptors (Lipinski definition) is 2. The second kappa shape index (κ2) is 4.77. The van der Waals surface area contributed by atoms with Crippen LogP contribution in [0.15, 0.2) is 30.3 Å². The van der Waals surface area contributed by atoms with E-state index in [0.29, 0.717) is 0 Å². The Morgan fingerprint density at radius 2 is 2.07 bits per heavy atom. The molecular weight excluding hydrogens is 184 g/mol. The Balaban J connectivity index is 1.85. The standard InChI is InChI=1S/C13H20N2/c1-14-8-9-15(2)13-10-12(13)11-6-4-3-5-7-11/h3-7,12-14H,8-10H2,1-2H3/t12-,13+/m1/s1. The molecule has 1 N–H and O–H groups in total. The summed E-state index contributed by atoms with van der Waals surface area (Å²) in [4.78, 5) is 2.47. The lowest BCUT2D eigenvalue weighted by Crippen LogP contribution is -2.29. The molecule has 0 radical (unpaired) electrons. The number of rotatable bonds is 5. The maximum atomic E-state index is 3.19. The first-order valence-corrected chi connectivity index (χ1v) is 5.72. The molecule has 1 fully saturated rings. The van der Waals surface area contributed by atoms with E-state index >= 15 is 0 Å². The number of nitrogens with one attached hydrogen (secondary N) is 1. The van der Waals surface area contributed by atoms with Gasteiger partial charge in [-0.2, -0.15) is 0 Å². The molecule has 1 aliphatic carbocycles. The first kappa shape index (κ1) is 10.7. The van der Waals surface area contributed by atoms with Gasteiger partial charge in [-0.05, 0) is 26.1 Å². The van der Waals surface area contributed by atoms with E-state index in [1.165, 1.54) is 12.0 Å². The summed E-state index contributed by atoms with van der Waals surface area (Å²) in [6.45, 7) is 2.22. The number of benzene rings is 1. The minimum absolute atomic E-state index is 0.765. The third-order valence-electron chi connectivity index (χ3n) is 3.27. The molecule has 0 amide bonds. The zero-order valence-corrected chi connectivity index (χ0v) is 9.61. The summed E-state index contributed by atoms with van der Waals surface area (Å²) in [5.41, 5.74) is 1.50. The van der Waals surface area contributed by atoms with E-state index in [0.717, 1.165) is 25.0 Å². The van der Waals surface area contributed by atoms with Gasteiger partial charge in [-0.3, -0.25) is 0 Å². The van der Waals surface area contributed by atoms with Crippen LogP contribution in [0.5, 0.6) is 0 Å². The number of nitrogens with zero attached hydrogens (tertiary/aromatic N) is 1. The maximum absolute atomic E-state index is 3.19. The Hall–Kier alpha value is -0.860. The molecule has 1 aromatic rings. The quantitative estimate of drug-likeness (QED) is 0.785. The van der Waals surface area contributed by atoms with E-state index in [-0.39, 0.29) is 0 Å². The highest BCUT2D eigenvalue weighted by atomic mass is 15.2. The van der Waals surface area contributed by atoms with Gasteiger partial charge in [0.25, 0.3) is 0 Å². The molecule has 0 heterocycles. The fraction of sp³-hybridized carbons (Fsp3) is 0.538. The van der Waals surface area contributed by atoms with Crippen molar-refractivity contribution < 1.29 is 0 Å². The molecule has 2 nitrogen and oxygen atoms in total. The molecule has 2 heteroatoms. The van der Waals surface area contributed by atoms with E-state index in [4.69, 9.17) is 0 Å². The summed E-state index contributed by atoms with van der Waals surface area (Å²) < 4.78 is 0. The monoisotopic (exact) mass is 204 g/mol. The minimum atomic E-state index is 0.765. The van der Waals surface area contributed by atoms with Crippen LogP contribution in [-0.2, 0) is 0 Å². The lowest BCUT2D eigenvalue weighted by atomic mass is 10.1. The molecule has 0 unspecified atom stereocenters. The van der Waals surface area contributed by atoms with Gasteiger partial charge >= 0.3 is 0 Å². The van der Waals surface area contributed by atoms with Crippen molar-refractivity contribution in [2.75, 3.05) is 27.2 Å². The molecular formula is C13H20N2. The summed E-state index contributed by atoms with van der Waals surface area (Å²) >= 11 is 0. The Labute approximate surface area is 92.3 Å². The SMILES string of the molecule is CNCCN(C)[C@H]1C[C@@H]1c1ccccc1. The molecule has 0 spiro atoms. The molecule has 0 saturated heterocycles. The second-order valence-electron chi connectivity index (χ2n) is 4.40. The van der Waals surface area contributed by atoms with Crippen molar-refractivity contribution in [1.29, 1.82) is 0 Å². The van der Waals surface area contributed by atoms with Crippen LogP contribution in [0.3, 0.4) is 0 Å². The van der Waals surface area contributed by atoms with Crippen LogP contribution in [0, 0.1) is 0 Å².